The molecule has 0 bridgehead atoms. The van der Waals surface area contributed by atoms with Crippen LogP contribution in [0.1, 0.15) is 38.3 Å². The molecule has 1 aromatic heterocycles. The van der Waals surface area contributed by atoms with Crippen molar-refractivity contribution in [3.8, 4) is 0 Å². The molecule has 1 fully saturated rings. The van der Waals surface area contributed by atoms with E-state index < -0.39 is 0 Å². The Morgan fingerprint density at radius 2 is 2.24 bits per heavy atom. The van der Waals surface area contributed by atoms with Crippen LogP contribution in [0.15, 0.2) is 0 Å². The first kappa shape index (κ1) is 15.8. The van der Waals surface area contributed by atoms with Crippen molar-refractivity contribution in [1.29, 1.82) is 0 Å². The second-order valence-corrected chi connectivity index (χ2v) is 5.77. The van der Waals surface area contributed by atoms with Crippen LogP contribution >= 0.6 is 0 Å². The zero-order chi connectivity index (χ0) is 15.4. The number of anilines is 1. The van der Waals surface area contributed by atoms with Crippen molar-refractivity contribution in [2.75, 3.05) is 25.5 Å². The number of nitrogens with zero attached hydrogens (tertiary/aromatic N) is 4. The normalized spacial score (nSPS) is 19.7. The minimum Gasteiger partial charge on any atom is -0.363 e. The van der Waals surface area contributed by atoms with Crippen molar-refractivity contribution in [2.24, 2.45) is 0 Å². The lowest BCUT2D eigenvalue weighted by molar-refractivity contribution is -0.384. The van der Waals surface area contributed by atoms with Crippen molar-refractivity contribution >= 4 is 11.5 Å². The molecule has 1 atom stereocenters. The molecular weight excluding hydrogens is 270 g/mol. The van der Waals surface area contributed by atoms with Gasteiger partial charge in [-0.15, -0.1) is 0 Å². The number of likely N-dealkylation sites (N-methyl/N-ethyl adjacent to an activating group) is 1. The highest BCUT2D eigenvalue weighted by Gasteiger charge is 2.26. The Hall–Kier alpha value is -1.63. The van der Waals surface area contributed by atoms with E-state index in [4.69, 9.17) is 0 Å². The van der Waals surface area contributed by atoms with E-state index >= 15 is 0 Å². The van der Waals surface area contributed by atoms with Gasteiger partial charge in [-0.1, -0.05) is 13.3 Å². The molecule has 0 aliphatic carbocycles. The molecule has 0 amide bonds. The molecule has 1 aromatic rings. The van der Waals surface area contributed by atoms with E-state index in [0.717, 1.165) is 25.9 Å². The van der Waals surface area contributed by atoms with E-state index in [9.17, 15) is 10.1 Å². The maximum absolute atomic E-state index is 11.3. The van der Waals surface area contributed by atoms with Gasteiger partial charge in [0.15, 0.2) is 0 Å². The predicted molar refractivity (Wildman–Crippen MR) is 82.7 cm³/mol. The SMILES string of the molecule is CCCn1nc(C)c([N+](=O)[O-])c1NCC1CCCCN1C. The molecule has 2 heterocycles. The van der Waals surface area contributed by atoms with Crippen LogP contribution in [0.25, 0.3) is 0 Å². The third-order valence-electron chi connectivity index (χ3n) is 4.14. The molecule has 21 heavy (non-hydrogen) atoms. The van der Waals surface area contributed by atoms with Crippen LogP contribution in [0, 0.1) is 17.0 Å². The number of hydrogen-bond acceptors (Lipinski definition) is 5. The van der Waals surface area contributed by atoms with Gasteiger partial charge in [-0.25, -0.2) is 4.68 Å². The number of rotatable bonds is 6. The maximum atomic E-state index is 11.3. The zero-order valence-electron chi connectivity index (χ0n) is 13.1. The van der Waals surface area contributed by atoms with Gasteiger partial charge in [-0.3, -0.25) is 10.1 Å². The maximum Gasteiger partial charge on any atom is 0.333 e. The van der Waals surface area contributed by atoms with Crippen LogP contribution in [0.3, 0.4) is 0 Å². The number of aromatic nitrogens is 2. The Bertz CT molecular complexity index is 500. The molecule has 1 aliphatic rings. The highest BCUT2D eigenvalue weighted by Crippen LogP contribution is 2.29. The first-order valence-corrected chi connectivity index (χ1v) is 7.70. The van der Waals surface area contributed by atoms with Gasteiger partial charge in [0, 0.05) is 19.1 Å². The van der Waals surface area contributed by atoms with Gasteiger partial charge in [0.2, 0.25) is 5.82 Å². The summed E-state index contributed by atoms with van der Waals surface area (Å²) in [6, 6.07) is 0.434. The predicted octanol–water partition coefficient (Wildman–Crippen LogP) is 2.41. The molecule has 0 saturated carbocycles. The molecule has 118 valence electrons. The molecule has 0 aromatic carbocycles. The second kappa shape index (κ2) is 6.89. The van der Waals surface area contributed by atoms with E-state index in [-0.39, 0.29) is 10.6 Å². The summed E-state index contributed by atoms with van der Waals surface area (Å²) in [6.45, 7) is 6.26. The lowest BCUT2D eigenvalue weighted by Crippen LogP contribution is -2.41. The Balaban J connectivity index is 2.15. The quantitative estimate of drug-likeness (QED) is 0.644. The van der Waals surface area contributed by atoms with Crippen molar-refractivity contribution in [3.63, 3.8) is 0 Å². The van der Waals surface area contributed by atoms with Gasteiger partial charge in [-0.05, 0) is 39.8 Å². The molecule has 1 saturated heterocycles. The van der Waals surface area contributed by atoms with Crippen molar-refractivity contribution in [2.45, 2.75) is 52.1 Å². The number of nitrogens with one attached hydrogen (secondary N) is 1. The largest absolute Gasteiger partial charge is 0.363 e. The Kier molecular flexibility index (Phi) is 5.17. The second-order valence-electron chi connectivity index (χ2n) is 5.77. The van der Waals surface area contributed by atoms with Gasteiger partial charge < -0.3 is 10.2 Å². The van der Waals surface area contributed by atoms with Gasteiger partial charge >= 0.3 is 5.69 Å². The molecule has 7 nitrogen and oxygen atoms in total. The average molecular weight is 295 g/mol. The Labute approximate surface area is 125 Å². The van der Waals surface area contributed by atoms with E-state index in [0.29, 0.717) is 24.1 Å². The highest BCUT2D eigenvalue weighted by atomic mass is 16.6. The van der Waals surface area contributed by atoms with Gasteiger partial charge in [0.25, 0.3) is 0 Å². The first-order valence-electron chi connectivity index (χ1n) is 7.70. The fraction of sp³-hybridized carbons (Fsp3) is 0.786. The lowest BCUT2D eigenvalue weighted by Gasteiger charge is -2.32. The van der Waals surface area contributed by atoms with E-state index in [2.05, 4.69) is 22.4 Å². The van der Waals surface area contributed by atoms with Crippen LogP contribution in [0.2, 0.25) is 0 Å². The first-order chi connectivity index (χ1) is 10.0. The fourth-order valence-electron chi connectivity index (χ4n) is 2.96. The summed E-state index contributed by atoms with van der Waals surface area (Å²) in [5.74, 6) is 0.554. The fourth-order valence-corrected chi connectivity index (χ4v) is 2.96. The van der Waals surface area contributed by atoms with Crippen molar-refractivity contribution in [1.82, 2.24) is 14.7 Å². The number of hydrogen-bond donors (Lipinski definition) is 1. The summed E-state index contributed by atoms with van der Waals surface area (Å²) in [7, 11) is 2.12. The molecule has 0 radical (unpaired) electrons. The smallest absolute Gasteiger partial charge is 0.333 e. The van der Waals surface area contributed by atoms with Crippen LogP contribution in [0.4, 0.5) is 11.5 Å². The summed E-state index contributed by atoms with van der Waals surface area (Å²) in [6.07, 6.45) is 4.50. The van der Waals surface area contributed by atoms with Crippen LogP contribution in [-0.4, -0.2) is 45.8 Å². The molecule has 0 spiro atoms. The van der Waals surface area contributed by atoms with Crippen LogP contribution in [0.5, 0.6) is 0 Å². The number of piperidine rings is 1. The third kappa shape index (κ3) is 3.53. The Morgan fingerprint density at radius 1 is 1.48 bits per heavy atom. The molecular formula is C14H25N5O2. The summed E-state index contributed by atoms with van der Waals surface area (Å²) < 4.78 is 1.73. The molecule has 1 N–H and O–H groups in total. The van der Waals surface area contributed by atoms with Crippen molar-refractivity contribution in [3.05, 3.63) is 15.8 Å². The number of aryl methyl sites for hydroxylation is 2. The Morgan fingerprint density at radius 3 is 2.86 bits per heavy atom. The van der Waals surface area contributed by atoms with E-state index in [1.807, 2.05) is 6.92 Å². The highest BCUT2D eigenvalue weighted by molar-refractivity contribution is 5.59. The van der Waals surface area contributed by atoms with Gasteiger partial charge in [-0.2, -0.15) is 5.10 Å². The zero-order valence-corrected chi connectivity index (χ0v) is 13.1. The summed E-state index contributed by atoms with van der Waals surface area (Å²) in [4.78, 5) is 13.3. The van der Waals surface area contributed by atoms with E-state index in [1.54, 1.807) is 11.6 Å². The minimum absolute atomic E-state index is 0.113. The van der Waals surface area contributed by atoms with Gasteiger partial charge in [0.05, 0.1) is 4.92 Å². The van der Waals surface area contributed by atoms with Crippen LogP contribution < -0.4 is 5.32 Å². The molecule has 2 rings (SSSR count). The summed E-state index contributed by atoms with van der Waals surface area (Å²) >= 11 is 0. The van der Waals surface area contributed by atoms with Crippen LogP contribution in [-0.2, 0) is 6.54 Å². The topological polar surface area (TPSA) is 76.2 Å². The monoisotopic (exact) mass is 295 g/mol. The molecule has 1 unspecified atom stereocenters. The molecule has 7 heteroatoms. The lowest BCUT2D eigenvalue weighted by atomic mass is 10.0. The number of likely N-dealkylation sites (tertiary alicyclic amines) is 1. The standard InChI is InChI=1S/C14H25N5O2/c1-4-8-18-14(13(19(20)21)11(2)16-18)15-10-12-7-5-6-9-17(12)3/h12,15H,4-10H2,1-3H3. The summed E-state index contributed by atoms with van der Waals surface area (Å²) in [5.41, 5.74) is 0.592. The third-order valence-corrected chi connectivity index (χ3v) is 4.14. The van der Waals surface area contributed by atoms with E-state index in [1.165, 1.54) is 12.8 Å². The minimum atomic E-state index is -0.332. The summed E-state index contributed by atoms with van der Waals surface area (Å²) in [5, 5.41) is 18.9. The average Bonchev–Trinajstić information content (AvgIpc) is 2.74. The number of nitro groups is 1. The van der Waals surface area contributed by atoms with Gasteiger partial charge in [0.1, 0.15) is 5.69 Å². The van der Waals surface area contributed by atoms with Crippen molar-refractivity contribution < 1.29 is 4.92 Å². The molecule has 1 aliphatic heterocycles.